The van der Waals surface area contributed by atoms with Gasteiger partial charge in [0.05, 0.1) is 25.9 Å². The molecule has 0 fully saturated rings. The van der Waals surface area contributed by atoms with Crippen LogP contribution in [0.2, 0.25) is 0 Å². The monoisotopic (exact) mass is 501 g/mol. The number of nitrogens with zero attached hydrogens (tertiary/aromatic N) is 2. The summed E-state index contributed by atoms with van der Waals surface area (Å²) in [7, 11) is 1.68. The van der Waals surface area contributed by atoms with Gasteiger partial charge in [-0.3, -0.25) is 4.79 Å². The highest BCUT2D eigenvalue weighted by Gasteiger charge is 2.35. The number of para-hydroxylation sites is 1. The summed E-state index contributed by atoms with van der Waals surface area (Å²) in [4.78, 5) is 13.3. The number of hydrogen-bond donors (Lipinski definition) is 2. The van der Waals surface area contributed by atoms with E-state index in [2.05, 4.69) is 37.9 Å². The zero-order chi connectivity index (χ0) is 20.2. The minimum Gasteiger partial charge on any atom is -0.506 e. The molecule has 1 aromatic heterocycles. The van der Waals surface area contributed by atoms with E-state index in [0.717, 1.165) is 5.39 Å². The first-order valence-corrected chi connectivity index (χ1v) is 9.80. The molecule has 0 amide bonds. The summed E-state index contributed by atoms with van der Waals surface area (Å²) in [6, 6.07) is 12.8. The Morgan fingerprint density at radius 3 is 2.54 bits per heavy atom. The molecule has 0 aliphatic carbocycles. The van der Waals surface area contributed by atoms with Crippen LogP contribution in [0.5, 0.6) is 11.5 Å². The van der Waals surface area contributed by atoms with E-state index in [0.29, 0.717) is 31.3 Å². The van der Waals surface area contributed by atoms with Crippen LogP contribution in [-0.4, -0.2) is 9.67 Å². The molecule has 28 heavy (non-hydrogen) atoms. The Morgan fingerprint density at radius 1 is 1.25 bits per heavy atom. The molecule has 0 spiro atoms. The Bertz CT molecular complexity index is 1270. The third kappa shape index (κ3) is 2.62. The fourth-order valence-electron chi connectivity index (χ4n) is 3.51. The first kappa shape index (κ1) is 18.6. The van der Waals surface area contributed by atoms with Gasteiger partial charge in [0.1, 0.15) is 23.1 Å². The van der Waals surface area contributed by atoms with Crippen LogP contribution in [0.25, 0.3) is 10.9 Å². The van der Waals surface area contributed by atoms with Crippen molar-refractivity contribution in [3.05, 3.63) is 78.3 Å². The number of hydrogen-bond acceptors (Lipinski definition) is 5. The number of aryl methyl sites for hydroxylation is 1. The molecule has 0 unspecified atom stereocenters. The van der Waals surface area contributed by atoms with Crippen LogP contribution in [0.4, 0.5) is 0 Å². The van der Waals surface area contributed by atoms with Gasteiger partial charge in [0.15, 0.2) is 0 Å². The smallest absolute Gasteiger partial charge is 0.258 e. The molecule has 2 aromatic carbocycles. The molecular weight excluding hydrogens is 490 g/mol. The van der Waals surface area contributed by atoms with Crippen LogP contribution < -0.4 is 16.0 Å². The predicted octanol–water partition coefficient (Wildman–Crippen LogP) is 3.99. The van der Waals surface area contributed by atoms with Gasteiger partial charge in [-0.05, 0) is 61.7 Å². The highest BCUT2D eigenvalue weighted by Crippen LogP contribution is 2.45. The molecule has 0 radical (unpaired) electrons. The fourth-order valence-corrected chi connectivity index (χ4v) is 4.73. The fraction of sp³-hybridized carbons (Fsp3) is 0.100. The van der Waals surface area contributed by atoms with Crippen molar-refractivity contribution in [1.82, 2.24) is 4.57 Å². The van der Waals surface area contributed by atoms with Crippen molar-refractivity contribution in [2.24, 2.45) is 12.8 Å². The molecule has 0 saturated carbocycles. The Balaban J connectivity index is 2.14. The van der Waals surface area contributed by atoms with E-state index < -0.39 is 5.92 Å². The van der Waals surface area contributed by atoms with Crippen molar-refractivity contribution in [3.8, 4) is 17.6 Å². The van der Waals surface area contributed by atoms with E-state index in [1.54, 1.807) is 19.2 Å². The van der Waals surface area contributed by atoms with Crippen LogP contribution in [0.3, 0.4) is 0 Å². The highest BCUT2D eigenvalue weighted by atomic mass is 79.9. The summed E-state index contributed by atoms with van der Waals surface area (Å²) in [6.07, 6.45) is 0. The minimum absolute atomic E-state index is 0.0258. The lowest BCUT2D eigenvalue weighted by Gasteiger charge is -2.28. The number of allylic oxidation sites excluding steroid dienone is 1. The number of rotatable bonds is 1. The van der Waals surface area contributed by atoms with E-state index in [1.807, 2.05) is 24.3 Å². The minimum atomic E-state index is -0.731. The Labute approximate surface area is 176 Å². The number of aromatic nitrogens is 1. The summed E-state index contributed by atoms with van der Waals surface area (Å²) in [5, 5.41) is 20.5. The second kappa shape index (κ2) is 6.69. The Kier molecular flexibility index (Phi) is 4.44. The molecule has 4 rings (SSSR count). The van der Waals surface area contributed by atoms with Gasteiger partial charge < -0.3 is 20.1 Å². The lowest BCUT2D eigenvalue weighted by molar-refractivity contribution is 0.396. The van der Waals surface area contributed by atoms with E-state index in [4.69, 9.17) is 10.5 Å². The zero-order valence-electron chi connectivity index (χ0n) is 14.5. The molecule has 140 valence electrons. The van der Waals surface area contributed by atoms with E-state index in [-0.39, 0.29) is 22.8 Å². The first-order valence-electron chi connectivity index (χ1n) is 8.22. The molecule has 0 saturated heterocycles. The maximum absolute atomic E-state index is 13.3. The number of nitrogens with two attached hydrogens (primary N) is 1. The van der Waals surface area contributed by atoms with E-state index in [1.165, 1.54) is 4.57 Å². The second-order valence-electron chi connectivity index (χ2n) is 6.38. The number of aromatic hydroxyl groups is 1. The number of nitriles is 1. The van der Waals surface area contributed by atoms with Crippen molar-refractivity contribution in [3.63, 3.8) is 0 Å². The molecule has 3 N–H and O–H groups in total. The summed E-state index contributed by atoms with van der Waals surface area (Å²) in [5.41, 5.74) is 7.58. The van der Waals surface area contributed by atoms with Crippen molar-refractivity contribution in [2.45, 2.75) is 5.92 Å². The average Bonchev–Trinajstić information content (AvgIpc) is 2.69. The number of halogens is 2. The molecule has 2 heterocycles. The molecule has 1 aliphatic heterocycles. The predicted molar refractivity (Wildman–Crippen MR) is 112 cm³/mol. The standard InChI is InChI=1S/C20H13Br2N3O3/c1-25-14-5-3-2-4-10(14)18-16(20(25)27)15(11(8-23)19(24)28-18)9-6-12(21)17(26)13(22)7-9/h2-7,15,26H,24H2,1H3/t15-/m0/s1. The largest absolute Gasteiger partial charge is 0.506 e. The molecule has 8 heteroatoms. The van der Waals surface area contributed by atoms with Gasteiger partial charge in [-0.2, -0.15) is 5.26 Å². The van der Waals surface area contributed by atoms with Gasteiger partial charge in [-0.25, -0.2) is 0 Å². The normalized spacial score (nSPS) is 15.9. The third-order valence-electron chi connectivity index (χ3n) is 4.84. The van der Waals surface area contributed by atoms with Crippen molar-refractivity contribution < 1.29 is 9.84 Å². The van der Waals surface area contributed by atoms with Crippen LogP contribution in [0.15, 0.2) is 61.6 Å². The number of pyridine rings is 1. The van der Waals surface area contributed by atoms with Gasteiger partial charge in [-0.15, -0.1) is 0 Å². The quantitative estimate of drug-likeness (QED) is 0.524. The van der Waals surface area contributed by atoms with Crippen LogP contribution in [0, 0.1) is 11.3 Å². The van der Waals surface area contributed by atoms with Gasteiger partial charge in [-0.1, -0.05) is 12.1 Å². The molecular formula is C20H13Br2N3O3. The number of ether oxygens (including phenoxy) is 1. The van der Waals surface area contributed by atoms with Crippen molar-refractivity contribution in [2.75, 3.05) is 0 Å². The van der Waals surface area contributed by atoms with Crippen molar-refractivity contribution >= 4 is 42.8 Å². The zero-order valence-corrected chi connectivity index (χ0v) is 17.7. The molecule has 6 nitrogen and oxygen atoms in total. The molecule has 3 aromatic rings. The third-order valence-corrected chi connectivity index (χ3v) is 6.05. The van der Waals surface area contributed by atoms with Crippen LogP contribution in [0.1, 0.15) is 17.0 Å². The highest BCUT2D eigenvalue weighted by molar-refractivity contribution is 9.11. The molecule has 1 aliphatic rings. The van der Waals surface area contributed by atoms with Gasteiger partial charge in [0.2, 0.25) is 5.88 Å². The molecule has 0 bridgehead atoms. The average molecular weight is 503 g/mol. The van der Waals surface area contributed by atoms with Crippen molar-refractivity contribution in [1.29, 1.82) is 5.26 Å². The van der Waals surface area contributed by atoms with Gasteiger partial charge in [0.25, 0.3) is 5.56 Å². The SMILES string of the molecule is Cn1c(=O)c2c(c3ccccc31)OC(N)=C(C#N)[C@@H]2c1cc(Br)c(O)c(Br)c1. The van der Waals surface area contributed by atoms with Crippen LogP contribution >= 0.6 is 31.9 Å². The van der Waals surface area contributed by atoms with Gasteiger partial charge in [0, 0.05) is 12.4 Å². The Hall–Kier alpha value is -2.76. The number of fused-ring (bicyclic) bond motifs is 3. The number of benzene rings is 2. The summed E-state index contributed by atoms with van der Waals surface area (Å²) in [6.45, 7) is 0. The van der Waals surface area contributed by atoms with E-state index >= 15 is 0 Å². The number of phenolic OH excluding ortho intramolecular Hbond substituents is 1. The summed E-state index contributed by atoms with van der Waals surface area (Å²) < 4.78 is 8.16. The number of phenols is 1. The summed E-state index contributed by atoms with van der Waals surface area (Å²) in [5.74, 6) is -0.401. The first-order chi connectivity index (χ1) is 13.3. The molecule has 1 atom stereocenters. The lowest BCUT2D eigenvalue weighted by atomic mass is 9.83. The maximum atomic E-state index is 13.3. The summed E-state index contributed by atoms with van der Waals surface area (Å²) >= 11 is 6.62. The maximum Gasteiger partial charge on any atom is 0.258 e. The lowest BCUT2D eigenvalue weighted by Crippen LogP contribution is -2.31. The second-order valence-corrected chi connectivity index (χ2v) is 8.09. The van der Waals surface area contributed by atoms with E-state index in [9.17, 15) is 15.2 Å². The Morgan fingerprint density at radius 2 is 1.89 bits per heavy atom. The van der Waals surface area contributed by atoms with Crippen LogP contribution in [-0.2, 0) is 7.05 Å². The van der Waals surface area contributed by atoms with Gasteiger partial charge >= 0.3 is 0 Å². The topological polar surface area (TPSA) is 101 Å².